The first kappa shape index (κ1) is 20.7. The van der Waals surface area contributed by atoms with E-state index in [0.29, 0.717) is 0 Å². The number of hydrogen-bond acceptors (Lipinski definition) is 7. The molecule has 0 aliphatic carbocycles. The van der Waals surface area contributed by atoms with E-state index in [-0.39, 0.29) is 32.7 Å². The smallest absolute Gasteiger partial charge is 0.331 e. The third-order valence-corrected chi connectivity index (χ3v) is 5.55. The first-order valence-electron chi connectivity index (χ1n) is 9.39. The highest BCUT2D eigenvalue weighted by Crippen LogP contribution is 2.55. The molecule has 0 aliphatic rings. The third kappa shape index (κ3) is 2.81. The van der Waals surface area contributed by atoms with Crippen molar-refractivity contribution < 1.29 is 40.5 Å². The number of hydrogen-bond donors (Lipinski definition) is 7. The van der Waals surface area contributed by atoms with Gasteiger partial charge in [0.1, 0.15) is 0 Å². The molecule has 0 amide bonds. The van der Waals surface area contributed by atoms with Gasteiger partial charge in [-0.1, -0.05) is 55.1 Å². The molecule has 4 aromatic rings. The molecule has 0 atom stereocenters. The van der Waals surface area contributed by atoms with Crippen LogP contribution in [0.2, 0.25) is 0 Å². The van der Waals surface area contributed by atoms with Crippen LogP contribution in [0.5, 0.6) is 34.5 Å². The lowest BCUT2D eigenvalue weighted by molar-refractivity contribution is -0.132. The molecule has 0 unspecified atom stereocenters. The Bertz CT molecular complexity index is 1340. The lowest BCUT2D eigenvalue weighted by Gasteiger charge is -2.25. The van der Waals surface area contributed by atoms with Crippen LogP contribution >= 0.6 is 0 Å². The number of aliphatic carboxylic acids is 1. The number of rotatable bonds is 4. The Balaban J connectivity index is 2.24. The molecule has 0 aromatic heterocycles. The largest absolute Gasteiger partial charge is 0.504 e. The van der Waals surface area contributed by atoms with Crippen molar-refractivity contribution in [3.8, 4) is 34.5 Å². The van der Waals surface area contributed by atoms with Crippen LogP contribution in [0, 0.1) is 0 Å². The SMILES string of the molecule is C=C(C(=O)O)C(c1c(O)c(O)c(O)c2ccccc12)c1c(O)c(O)c(O)c2ccccc12. The highest BCUT2D eigenvalue weighted by atomic mass is 16.4. The van der Waals surface area contributed by atoms with Gasteiger partial charge in [-0.15, -0.1) is 0 Å². The molecular formula is C24H18O8. The zero-order chi connectivity index (χ0) is 23.3. The van der Waals surface area contributed by atoms with E-state index < -0.39 is 52.0 Å². The van der Waals surface area contributed by atoms with Crippen LogP contribution in [0.25, 0.3) is 21.5 Å². The Kier molecular flexibility index (Phi) is 4.70. The predicted molar refractivity (Wildman–Crippen MR) is 117 cm³/mol. The van der Waals surface area contributed by atoms with Gasteiger partial charge in [-0.05, 0) is 10.8 Å². The highest BCUT2D eigenvalue weighted by Gasteiger charge is 2.35. The lowest BCUT2D eigenvalue weighted by atomic mass is 9.79. The Labute approximate surface area is 180 Å². The third-order valence-electron chi connectivity index (χ3n) is 5.55. The lowest BCUT2D eigenvalue weighted by Crippen LogP contribution is -2.13. The zero-order valence-corrected chi connectivity index (χ0v) is 16.4. The summed E-state index contributed by atoms with van der Waals surface area (Å²) in [6, 6.07) is 12.2. The van der Waals surface area contributed by atoms with Crippen molar-refractivity contribution in [2.45, 2.75) is 5.92 Å². The van der Waals surface area contributed by atoms with Crippen molar-refractivity contribution in [1.29, 1.82) is 0 Å². The van der Waals surface area contributed by atoms with Gasteiger partial charge in [0, 0.05) is 33.4 Å². The van der Waals surface area contributed by atoms with E-state index >= 15 is 0 Å². The maximum absolute atomic E-state index is 12.0. The normalized spacial score (nSPS) is 11.3. The van der Waals surface area contributed by atoms with Crippen LogP contribution in [-0.2, 0) is 4.79 Å². The van der Waals surface area contributed by atoms with Gasteiger partial charge < -0.3 is 35.7 Å². The number of fused-ring (bicyclic) bond motifs is 2. The predicted octanol–water partition coefficient (Wildman–Crippen LogP) is 4.00. The summed E-state index contributed by atoms with van der Waals surface area (Å²) in [5.74, 6) is -7.56. The maximum Gasteiger partial charge on any atom is 0.331 e. The monoisotopic (exact) mass is 434 g/mol. The molecule has 0 bridgehead atoms. The molecule has 0 aliphatic heterocycles. The average Bonchev–Trinajstić information content (AvgIpc) is 2.79. The van der Waals surface area contributed by atoms with Crippen molar-refractivity contribution in [2.75, 3.05) is 0 Å². The molecule has 0 saturated heterocycles. The topological polar surface area (TPSA) is 159 Å². The molecule has 0 spiro atoms. The number of phenols is 6. The highest BCUT2D eigenvalue weighted by molar-refractivity contribution is 6.03. The fourth-order valence-electron chi connectivity index (χ4n) is 4.04. The van der Waals surface area contributed by atoms with E-state index in [4.69, 9.17) is 0 Å². The molecule has 0 radical (unpaired) electrons. The van der Waals surface area contributed by atoms with E-state index in [2.05, 4.69) is 6.58 Å². The Morgan fingerprint density at radius 1 is 0.594 bits per heavy atom. The number of benzene rings is 4. The molecule has 0 fully saturated rings. The molecule has 4 rings (SSSR count). The average molecular weight is 434 g/mol. The van der Waals surface area contributed by atoms with E-state index in [9.17, 15) is 40.5 Å². The number of phenolic OH excluding ortho intramolecular Hbond substituents is 6. The van der Waals surface area contributed by atoms with Gasteiger partial charge in [0.15, 0.2) is 23.0 Å². The van der Waals surface area contributed by atoms with Crippen molar-refractivity contribution >= 4 is 27.5 Å². The quantitative estimate of drug-likeness (QED) is 0.187. The Hall–Kier alpha value is -4.59. The first-order valence-corrected chi connectivity index (χ1v) is 9.39. The van der Waals surface area contributed by atoms with Crippen molar-refractivity contribution in [3.63, 3.8) is 0 Å². The van der Waals surface area contributed by atoms with E-state index in [1.54, 1.807) is 24.3 Å². The summed E-state index contributed by atoms with van der Waals surface area (Å²) in [5.41, 5.74) is -0.816. The molecule has 4 aromatic carbocycles. The molecule has 7 N–H and O–H groups in total. The van der Waals surface area contributed by atoms with Gasteiger partial charge in [0.25, 0.3) is 0 Å². The van der Waals surface area contributed by atoms with Crippen LogP contribution in [-0.4, -0.2) is 41.7 Å². The number of carbonyl (C=O) groups is 1. The second-order valence-corrected chi connectivity index (χ2v) is 7.27. The van der Waals surface area contributed by atoms with Crippen molar-refractivity contribution in [3.05, 3.63) is 71.8 Å². The fourth-order valence-corrected chi connectivity index (χ4v) is 4.04. The van der Waals surface area contributed by atoms with Gasteiger partial charge in [0.2, 0.25) is 11.5 Å². The summed E-state index contributed by atoms with van der Waals surface area (Å²) in [6.45, 7) is 3.60. The van der Waals surface area contributed by atoms with Crippen LogP contribution in [0.4, 0.5) is 0 Å². The second kappa shape index (κ2) is 7.28. The number of aromatic hydroxyl groups is 6. The van der Waals surface area contributed by atoms with Gasteiger partial charge in [-0.25, -0.2) is 4.79 Å². The minimum atomic E-state index is -1.49. The number of carboxylic acids is 1. The minimum Gasteiger partial charge on any atom is -0.504 e. The molecule has 8 heteroatoms. The first-order chi connectivity index (χ1) is 15.2. The van der Waals surface area contributed by atoms with Crippen LogP contribution in [0.15, 0.2) is 60.7 Å². The Morgan fingerprint density at radius 2 is 0.938 bits per heavy atom. The second-order valence-electron chi connectivity index (χ2n) is 7.27. The zero-order valence-electron chi connectivity index (χ0n) is 16.4. The summed E-state index contributed by atoms with van der Waals surface area (Å²) in [5, 5.41) is 73.2. The van der Waals surface area contributed by atoms with Crippen LogP contribution in [0.1, 0.15) is 17.0 Å². The van der Waals surface area contributed by atoms with Gasteiger partial charge in [-0.2, -0.15) is 0 Å². The standard InChI is InChI=1S/C24H18O8/c1-10(24(31)32)15(16-11-6-2-4-8-13(11)18(25)22(29)20(16)27)17-12-7-3-5-9-14(12)19(26)23(30)21(17)28/h2-9,15,25-30H,1H2,(H,31,32). The van der Waals surface area contributed by atoms with Crippen LogP contribution in [0.3, 0.4) is 0 Å². The van der Waals surface area contributed by atoms with Gasteiger partial charge >= 0.3 is 5.97 Å². The summed E-state index contributed by atoms with van der Waals surface area (Å²) in [6.07, 6.45) is 0. The number of carboxylic acid groups (broad SMARTS) is 1. The van der Waals surface area contributed by atoms with E-state index in [1.165, 1.54) is 24.3 Å². The molecular weight excluding hydrogens is 416 g/mol. The fraction of sp³-hybridized carbons (Fsp3) is 0.0417. The minimum absolute atomic E-state index is 0.118. The molecule has 0 saturated carbocycles. The Morgan fingerprint density at radius 3 is 1.28 bits per heavy atom. The molecule has 162 valence electrons. The van der Waals surface area contributed by atoms with Gasteiger partial charge in [-0.3, -0.25) is 0 Å². The maximum atomic E-state index is 12.0. The molecule has 32 heavy (non-hydrogen) atoms. The van der Waals surface area contributed by atoms with Crippen molar-refractivity contribution in [2.24, 2.45) is 0 Å². The molecule has 0 heterocycles. The van der Waals surface area contributed by atoms with Gasteiger partial charge in [0.05, 0.1) is 0 Å². The van der Waals surface area contributed by atoms with E-state index in [1.807, 2.05) is 0 Å². The van der Waals surface area contributed by atoms with Crippen molar-refractivity contribution in [1.82, 2.24) is 0 Å². The van der Waals surface area contributed by atoms with E-state index in [0.717, 1.165) is 0 Å². The summed E-state index contributed by atoms with van der Waals surface area (Å²) in [7, 11) is 0. The summed E-state index contributed by atoms with van der Waals surface area (Å²) >= 11 is 0. The van der Waals surface area contributed by atoms with Crippen LogP contribution < -0.4 is 0 Å². The summed E-state index contributed by atoms with van der Waals surface area (Å²) < 4.78 is 0. The molecule has 8 nitrogen and oxygen atoms in total. The summed E-state index contributed by atoms with van der Waals surface area (Å²) in [4.78, 5) is 12.0.